The average Bonchev–Trinajstić information content (AvgIpc) is 3.20. The first-order valence-corrected chi connectivity index (χ1v) is 9.41. The SMILES string of the molecule is Cc1cc2nc3c4c5cc(Cl)ccc5[nH]c4c4ccccc4n3c2cc1C. The van der Waals surface area contributed by atoms with Crippen molar-refractivity contribution in [3.05, 3.63) is 70.7 Å². The van der Waals surface area contributed by atoms with Crippen LogP contribution in [0.1, 0.15) is 11.1 Å². The van der Waals surface area contributed by atoms with Gasteiger partial charge in [0.25, 0.3) is 0 Å². The van der Waals surface area contributed by atoms with Gasteiger partial charge >= 0.3 is 0 Å². The number of nitrogens with zero attached hydrogens (tertiary/aromatic N) is 2. The molecular formula is C23H16ClN3. The van der Waals surface area contributed by atoms with Crippen molar-refractivity contribution in [1.82, 2.24) is 14.4 Å². The Hall–Kier alpha value is -3.04. The van der Waals surface area contributed by atoms with E-state index in [2.05, 4.69) is 59.6 Å². The molecule has 3 aromatic carbocycles. The zero-order valence-electron chi connectivity index (χ0n) is 15.0. The zero-order valence-corrected chi connectivity index (χ0v) is 15.7. The Balaban J connectivity index is 2.02. The molecule has 27 heavy (non-hydrogen) atoms. The number of rotatable bonds is 0. The van der Waals surface area contributed by atoms with Gasteiger partial charge in [0.15, 0.2) is 0 Å². The maximum Gasteiger partial charge on any atom is 0.148 e. The standard InChI is InChI=1S/C23H16ClN3/c1-12-9-18-20(10-13(12)2)27-19-6-4-3-5-15(19)22-21(23(27)26-18)16-11-14(24)7-8-17(16)25-22/h3-11,25H,1-2H3. The summed E-state index contributed by atoms with van der Waals surface area (Å²) in [6, 6.07) is 18.9. The van der Waals surface area contributed by atoms with Gasteiger partial charge in [0, 0.05) is 21.3 Å². The summed E-state index contributed by atoms with van der Waals surface area (Å²) in [5.74, 6) is 0. The van der Waals surface area contributed by atoms with Gasteiger partial charge in [-0.3, -0.25) is 4.40 Å². The van der Waals surface area contributed by atoms with Gasteiger partial charge in [-0.25, -0.2) is 4.98 Å². The van der Waals surface area contributed by atoms with Gasteiger partial charge in [-0.05, 0) is 61.4 Å². The lowest BCUT2D eigenvalue weighted by atomic mass is 10.1. The second kappa shape index (κ2) is 5.02. The van der Waals surface area contributed by atoms with Crippen molar-refractivity contribution in [3.8, 4) is 0 Å². The van der Waals surface area contributed by atoms with Gasteiger partial charge in [-0.2, -0.15) is 0 Å². The van der Waals surface area contributed by atoms with Crippen molar-refractivity contribution in [2.45, 2.75) is 13.8 Å². The van der Waals surface area contributed by atoms with E-state index in [1.165, 1.54) is 16.5 Å². The summed E-state index contributed by atoms with van der Waals surface area (Å²) in [5, 5.41) is 4.15. The predicted octanol–water partition coefficient (Wildman–Crippen LogP) is 6.55. The molecule has 6 rings (SSSR count). The molecule has 0 saturated heterocycles. The number of fused-ring (bicyclic) bond motifs is 10. The summed E-state index contributed by atoms with van der Waals surface area (Å²) in [7, 11) is 0. The molecule has 0 fully saturated rings. The monoisotopic (exact) mass is 369 g/mol. The van der Waals surface area contributed by atoms with Gasteiger partial charge in [0.05, 0.1) is 27.5 Å². The molecule has 0 radical (unpaired) electrons. The number of imidazole rings is 1. The molecule has 130 valence electrons. The number of hydrogen-bond acceptors (Lipinski definition) is 1. The fraction of sp³-hybridized carbons (Fsp3) is 0.0870. The molecule has 0 saturated carbocycles. The Morgan fingerprint density at radius 3 is 2.59 bits per heavy atom. The van der Waals surface area contributed by atoms with Crippen LogP contribution in [0.4, 0.5) is 0 Å². The first-order valence-electron chi connectivity index (χ1n) is 9.03. The predicted molar refractivity (Wildman–Crippen MR) is 114 cm³/mol. The van der Waals surface area contributed by atoms with E-state index in [9.17, 15) is 0 Å². The third-order valence-corrected chi connectivity index (χ3v) is 5.90. The number of nitrogens with one attached hydrogen (secondary N) is 1. The number of halogens is 1. The molecule has 3 aromatic heterocycles. The van der Waals surface area contributed by atoms with Gasteiger partial charge < -0.3 is 4.98 Å². The number of hydrogen-bond donors (Lipinski definition) is 1. The molecule has 0 aliphatic rings. The zero-order chi connectivity index (χ0) is 18.3. The van der Waals surface area contributed by atoms with Crippen LogP contribution in [0.25, 0.3) is 49.4 Å². The normalized spacial score (nSPS) is 12.3. The molecule has 4 heteroatoms. The highest BCUT2D eigenvalue weighted by Crippen LogP contribution is 2.37. The van der Waals surface area contributed by atoms with Crippen LogP contribution in [0.2, 0.25) is 5.02 Å². The first-order chi connectivity index (χ1) is 13.1. The van der Waals surface area contributed by atoms with E-state index in [4.69, 9.17) is 16.6 Å². The molecule has 0 unspecified atom stereocenters. The third-order valence-electron chi connectivity index (χ3n) is 5.67. The summed E-state index contributed by atoms with van der Waals surface area (Å²) < 4.78 is 2.29. The molecule has 3 heterocycles. The van der Waals surface area contributed by atoms with Gasteiger partial charge in [0.1, 0.15) is 5.65 Å². The molecule has 0 spiro atoms. The fourth-order valence-electron chi connectivity index (χ4n) is 4.22. The van der Waals surface area contributed by atoms with Gasteiger partial charge in [0.2, 0.25) is 0 Å². The Labute approximate surface area is 160 Å². The van der Waals surface area contributed by atoms with Gasteiger partial charge in [-0.15, -0.1) is 0 Å². The van der Waals surface area contributed by atoms with E-state index in [-0.39, 0.29) is 0 Å². The van der Waals surface area contributed by atoms with Crippen LogP contribution in [-0.4, -0.2) is 14.4 Å². The largest absolute Gasteiger partial charge is 0.354 e. The van der Waals surface area contributed by atoms with Crippen LogP contribution in [0.15, 0.2) is 54.6 Å². The summed E-state index contributed by atoms with van der Waals surface area (Å²) in [5.41, 5.74) is 9.00. The number of aromatic nitrogens is 3. The molecule has 3 nitrogen and oxygen atoms in total. The van der Waals surface area contributed by atoms with Crippen LogP contribution in [0.5, 0.6) is 0 Å². The quantitative estimate of drug-likeness (QED) is 0.323. The van der Waals surface area contributed by atoms with Crippen molar-refractivity contribution in [2.24, 2.45) is 0 Å². The number of para-hydroxylation sites is 1. The highest BCUT2D eigenvalue weighted by molar-refractivity contribution is 6.32. The average molecular weight is 370 g/mol. The Morgan fingerprint density at radius 2 is 1.70 bits per heavy atom. The molecule has 0 bridgehead atoms. The minimum atomic E-state index is 0.734. The van der Waals surface area contributed by atoms with Crippen LogP contribution < -0.4 is 0 Å². The van der Waals surface area contributed by atoms with E-state index in [1.807, 2.05) is 18.2 Å². The van der Waals surface area contributed by atoms with Crippen LogP contribution in [0, 0.1) is 13.8 Å². The topological polar surface area (TPSA) is 33.1 Å². The Kier molecular flexibility index (Phi) is 2.80. The Bertz CT molecular complexity index is 1550. The van der Waals surface area contributed by atoms with Crippen molar-refractivity contribution in [1.29, 1.82) is 0 Å². The van der Waals surface area contributed by atoms with E-state index in [0.29, 0.717) is 0 Å². The molecule has 0 aliphatic carbocycles. The summed E-state index contributed by atoms with van der Waals surface area (Å²) >= 11 is 6.32. The van der Waals surface area contributed by atoms with E-state index < -0.39 is 0 Å². The minimum Gasteiger partial charge on any atom is -0.354 e. The smallest absolute Gasteiger partial charge is 0.148 e. The van der Waals surface area contributed by atoms with Crippen LogP contribution in [0.3, 0.4) is 0 Å². The molecule has 0 aliphatic heterocycles. The molecular weight excluding hydrogens is 354 g/mol. The number of benzene rings is 3. The fourth-order valence-corrected chi connectivity index (χ4v) is 4.39. The van der Waals surface area contributed by atoms with E-state index in [0.717, 1.165) is 49.0 Å². The highest BCUT2D eigenvalue weighted by Gasteiger charge is 2.18. The second-order valence-corrected chi connectivity index (χ2v) is 7.71. The van der Waals surface area contributed by atoms with Crippen molar-refractivity contribution < 1.29 is 0 Å². The third kappa shape index (κ3) is 1.89. The minimum absolute atomic E-state index is 0.734. The number of H-pyrrole nitrogens is 1. The maximum atomic E-state index is 6.32. The van der Waals surface area contributed by atoms with Crippen LogP contribution >= 0.6 is 11.6 Å². The number of aromatic amines is 1. The number of aryl methyl sites for hydroxylation is 2. The summed E-state index contributed by atoms with van der Waals surface area (Å²) in [6.45, 7) is 4.29. The van der Waals surface area contributed by atoms with Crippen molar-refractivity contribution >= 4 is 61.0 Å². The molecule has 0 atom stereocenters. The van der Waals surface area contributed by atoms with Gasteiger partial charge in [-0.1, -0.05) is 29.8 Å². The lowest BCUT2D eigenvalue weighted by Crippen LogP contribution is -1.91. The van der Waals surface area contributed by atoms with E-state index >= 15 is 0 Å². The summed E-state index contributed by atoms with van der Waals surface area (Å²) in [6.07, 6.45) is 0. The van der Waals surface area contributed by atoms with E-state index in [1.54, 1.807) is 0 Å². The number of pyridine rings is 1. The lowest BCUT2D eigenvalue weighted by molar-refractivity contribution is 1.30. The highest BCUT2D eigenvalue weighted by atomic mass is 35.5. The lowest BCUT2D eigenvalue weighted by Gasteiger charge is -2.07. The molecule has 6 aromatic rings. The van der Waals surface area contributed by atoms with Crippen LogP contribution in [-0.2, 0) is 0 Å². The molecule has 1 N–H and O–H groups in total. The first kappa shape index (κ1) is 15.1. The maximum absolute atomic E-state index is 6.32. The Morgan fingerprint density at radius 1 is 0.889 bits per heavy atom. The summed E-state index contributed by atoms with van der Waals surface area (Å²) in [4.78, 5) is 8.64. The van der Waals surface area contributed by atoms with Crippen molar-refractivity contribution in [3.63, 3.8) is 0 Å². The second-order valence-electron chi connectivity index (χ2n) is 7.28. The van der Waals surface area contributed by atoms with Crippen molar-refractivity contribution in [2.75, 3.05) is 0 Å². The molecule has 0 amide bonds.